The molecule has 0 N–H and O–H groups in total. The van der Waals surface area contributed by atoms with Crippen molar-refractivity contribution in [3.8, 4) is 0 Å². The van der Waals surface area contributed by atoms with E-state index in [-0.39, 0.29) is 0 Å². The molecule has 0 radical (unpaired) electrons. The van der Waals surface area contributed by atoms with Crippen molar-refractivity contribution in [2.24, 2.45) is 0 Å². The summed E-state index contributed by atoms with van der Waals surface area (Å²) in [5.74, 6) is 0. The summed E-state index contributed by atoms with van der Waals surface area (Å²) in [6.45, 7) is 4.25. The lowest BCUT2D eigenvalue weighted by atomic mass is 10.1. The second-order valence-electron chi connectivity index (χ2n) is 4.66. The van der Waals surface area contributed by atoms with Crippen LogP contribution in [0.15, 0.2) is 42.5 Å². The summed E-state index contributed by atoms with van der Waals surface area (Å²) >= 11 is 3.57. The van der Waals surface area contributed by atoms with Gasteiger partial charge in [0.1, 0.15) is 0 Å². The van der Waals surface area contributed by atoms with E-state index in [4.69, 9.17) is 0 Å². The average molecular weight is 304 g/mol. The van der Waals surface area contributed by atoms with E-state index in [1.807, 2.05) is 0 Å². The van der Waals surface area contributed by atoms with Crippen LogP contribution in [-0.2, 0) is 5.33 Å². The lowest BCUT2D eigenvalue weighted by Gasteiger charge is -2.23. The molecule has 0 aromatic heterocycles. The van der Waals surface area contributed by atoms with Crippen molar-refractivity contribution in [1.29, 1.82) is 0 Å². The summed E-state index contributed by atoms with van der Waals surface area (Å²) in [7, 11) is 2.12. The number of hydrogen-bond acceptors (Lipinski definition) is 1. The minimum Gasteiger partial charge on any atom is -0.344 e. The molecule has 2 aromatic rings. The Morgan fingerprint density at radius 2 is 1.72 bits per heavy atom. The van der Waals surface area contributed by atoms with Crippen molar-refractivity contribution in [2.45, 2.75) is 19.2 Å². The lowest BCUT2D eigenvalue weighted by molar-refractivity contribution is 1.17. The summed E-state index contributed by atoms with van der Waals surface area (Å²) in [4.78, 5) is 2.24. The highest BCUT2D eigenvalue weighted by atomic mass is 79.9. The molecule has 0 saturated carbocycles. The van der Waals surface area contributed by atoms with Gasteiger partial charge in [0.2, 0.25) is 0 Å². The number of anilines is 2. The lowest BCUT2D eigenvalue weighted by Crippen LogP contribution is -2.11. The van der Waals surface area contributed by atoms with Gasteiger partial charge in [-0.05, 0) is 43.2 Å². The summed E-state index contributed by atoms with van der Waals surface area (Å²) in [6, 6.07) is 15.2. The van der Waals surface area contributed by atoms with Gasteiger partial charge in [-0.15, -0.1) is 0 Å². The van der Waals surface area contributed by atoms with Gasteiger partial charge in [-0.1, -0.05) is 45.8 Å². The third-order valence-corrected chi connectivity index (χ3v) is 3.73. The fourth-order valence-electron chi connectivity index (χ4n) is 2.12. The first-order valence-electron chi connectivity index (χ1n) is 6.07. The highest BCUT2D eigenvalue weighted by Crippen LogP contribution is 2.29. The molecule has 2 rings (SSSR count). The molecule has 0 bridgehead atoms. The zero-order valence-corrected chi connectivity index (χ0v) is 12.7. The largest absolute Gasteiger partial charge is 0.344 e. The standard InChI is InChI=1S/C16H18BrN/c1-12-5-4-6-15(10-12)18(3)16-8-7-13(2)9-14(16)11-17/h4-10H,11H2,1-3H3. The van der Waals surface area contributed by atoms with E-state index in [0.29, 0.717) is 0 Å². The van der Waals surface area contributed by atoms with Crippen molar-refractivity contribution >= 4 is 27.3 Å². The number of rotatable bonds is 3. The monoisotopic (exact) mass is 303 g/mol. The molecule has 0 aliphatic heterocycles. The van der Waals surface area contributed by atoms with E-state index in [2.05, 4.69) is 84.2 Å². The zero-order chi connectivity index (χ0) is 13.1. The fraction of sp³-hybridized carbons (Fsp3) is 0.250. The zero-order valence-electron chi connectivity index (χ0n) is 11.1. The Kier molecular flexibility index (Phi) is 4.07. The molecule has 2 heteroatoms. The molecule has 0 fully saturated rings. The Balaban J connectivity index is 2.42. The number of benzene rings is 2. The smallest absolute Gasteiger partial charge is 0.0449 e. The maximum absolute atomic E-state index is 3.57. The molecule has 0 amide bonds. The molecule has 0 aliphatic rings. The normalized spacial score (nSPS) is 10.4. The van der Waals surface area contributed by atoms with Crippen LogP contribution in [0.25, 0.3) is 0 Å². The summed E-state index contributed by atoms with van der Waals surface area (Å²) in [5.41, 5.74) is 6.38. The molecule has 0 atom stereocenters. The fourth-order valence-corrected chi connectivity index (χ4v) is 2.57. The van der Waals surface area contributed by atoms with Gasteiger partial charge in [-0.25, -0.2) is 0 Å². The van der Waals surface area contributed by atoms with Gasteiger partial charge in [-0.2, -0.15) is 0 Å². The van der Waals surface area contributed by atoms with Gasteiger partial charge in [0, 0.05) is 23.8 Å². The van der Waals surface area contributed by atoms with Gasteiger partial charge < -0.3 is 4.90 Å². The summed E-state index contributed by atoms with van der Waals surface area (Å²) < 4.78 is 0. The van der Waals surface area contributed by atoms with Gasteiger partial charge in [0.15, 0.2) is 0 Å². The van der Waals surface area contributed by atoms with Gasteiger partial charge in [-0.3, -0.25) is 0 Å². The Morgan fingerprint density at radius 3 is 2.39 bits per heavy atom. The van der Waals surface area contributed by atoms with Gasteiger partial charge >= 0.3 is 0 Å². The van der Waals surface area contributed by atoms with Crippen LogP contribution in [0.5, 0.6) is 0 Å². The van der Waals surface area contributed by atoms with Crippen LogP contribution in [-0.4, -0.2) is 7.05 Å². The molecule has 1 nitrogen and oxygen atoms in total. The van der Waals surface area contributed by atoms with E-state index in [1.54, 1.807) is 0 Å². The molecule has 0 aliphatic carbocycles. The van der Waals surface area contributed by atoms with E-state index in [1.165, 1.54) is 28.1 Å². The van der Waals surface area contributed by atoms with Crippen LogP contribution in [0.3, 0.4) is 0 Å². The van der Waals surface area contributed by atoms with E-state index >= 15 is 0 Å². The highest BCUT2D eigenvalue weighted by Gasteiger charge is 2.08. The van der Waals surface area contributed by atoms with E-state index in [0.717, 1.165) is 5.33 Å². The van der Waals surface area contributed by atoms with Crippen LogP contribution < -0.4 is 4.90 Å². The second kappa shape index (κ2) is 5.57. The SMILES string of the molecule is Cc1cccc(N(C)c2ccc(C)cc2CBr)c1. The van der Waals surface area contributed by atoms with Crippen LogP contribution in [0.4, 0.5) is 11.4 Å². The summed E-state index contributed by atoms with van der Waals surface area (Å²) in [5, 5.41) is 0.875. The van der Waals surface area contributed by atoms with Gasteiger partial charge in [0.25, 0.3) is 0 Å². The van der Waals surface area contributed by atoms with Crippen molar-refractivity contribution < 1.29 is 0 Å². The third kappa shape index (κ3) is 2.75. The first-order chi connectivity index (χ1) is 8.61. The quantitative estimate of drug-likeness (QED) is 0.724. The first kappa shape index (κ1) is 13.2. The van der Waals surface area contributed by atoms with Crippen LogP contribution in [0.2, 0.25) is 0 Å². The number of halogens is 1. The average Bonchev–Trinajstić information content (AvgIpc) is 2.37. The number of alkyl halides is 1. The molecule has 0 saturated heterocycles. The molecule has 2 aromatic carbocycles. The second-order valence-corrected chi connectivity index (χ2v) is 5.22. The molecular weight excluding hydrogens is 286 g/mol. The van der Waals surface area contributed by atoms with Crippen LogP contribution in [0, 0.1) is 13.8 Å². The molecular formula is C16H18BrN. The minimum absolute atomic E-state index is 0.875. The topological polar surface area (TPSA) is 3.24 Å². The Morgan fingerprint density at radius 1 is 1.00 bits per heavy atom. The summed E-state index contributed by atoms with van der Waals surface area (Å²) in [6.07, 6.45) is 0. The Bertz CT molecular complexity index is 549. The van der Waals surface area contributed by atoms with E-state index in [9.17, 15) is 0 Å². The third-order valence-electron chi connectivity index (χ3n) is 3.13. The van der Waals surface area contributed by atoms with Gasteiger partial charge in [0.05, 0.1) is 0 Å². The first-order valence-corrected chi connectivity index (χ1v) is 7.20. The Labute approximate surface area is 118 Å². The number of aryl methyl sites for hydroxylation is 2. The molecule has 94 valence electrons. The highest BCUT2D eigenvalue weighted by molar-refractivity contribution is 9.08. The number of nitrogens with zero attached hydrogens (tertiary/aromatic N) is 1. The van der Waals surface area contributed by atoms with Crippen molar-refractivity contribution in [2.75, 3.05) is 11.9 Å². The molecule has 18 heavy (non-hydrogen) atoms. The number of hydrogen-bond donors (Lipinski definition) is 0. The molecule has 0 unspecified atom stereocenters. The van der Waals surface area contributed by atoms with Crippen LogP contribution >= 0.6 is 15.9 Å². The maximum atomic E-state index is 3.57. The van der Waals surface area contributed by atoms with Crippen molar-refractivity contribution in [3.05, 3.63) is 59.2 Å². The van der Waals surface area contributed by atoms with Crippen molar-refractivity contribution in [1.82, 2.24) is 0 Å². The van der Waals surface area contributed by atoms with E-state index < -0.39 is 0 Å². The van der Waals surface area contributed by atoms with Crippen molar-refractivity contribution in [3.63, 3.8) is 0 Å². The minimum atomic E-state index is 0.875. The Hall–Kier alpha value is -1.28. The molecule has 0 spiro atoms. The van der Waals surface area contributed by atoms with Crippen LogP contribution in [0.1, 0.15) is 16.7 Å². The maximum Gasteiger partial charge on any atom is 0.0449 e. The predicted molar refractivity (Wildman–Crippen MR) is 83.1 cm³/mol. The predicted octanol–water partition coefficient (Wildman–Crippen LogP) is 4.97. The molecule has 0 heterocycles.